The van der Waals surface area contributed by atoms with Crippen LogP contribution >= 0.6 is 0 Å². The van der Waals surface area contributed by atoms with Crippen molar-refractivity contribution in [2.45, 2.75) is 4.90 Å². The summed E-state index contributed by atoms with van der Waals surface area (Å²) in [6.45, 7) is 0. The lowest BCUT2D eigenvalue weighted by molar-refractivity contribution is 0.462. The van der Waals surface area contributed by atoms with Crippen LogP contribution in [0, 0.1) is 0 Å². The Morgan fingerprint density at radius 3 is 2.33 bits per heavy atom. The highest BCUT2D eigenvalue weighted by Gasteiger charge is 2.19. The Hall–Kier alpha value is -2.21. The van der Waals surface area contributed by atoms with Crippen LogP contribution in [0.4, 0.5) is 11.4 Å². The monoisotopic (exact) mass is 264 g/mol. The summed E-state index contributed by atoms with van der Waals surface area (Å²) in [5.41, 5.74) is 5.90. The van der Waals surface area contributed by atoms with Gasteiger partial charge in [0.25, 0.3) is 10.0 Å². The maximum atomic E-state index is 12.0. The van der Waals surface area contributed by atoms with Crippen molar-refractivity contribution < 1.29 is 13.5 Å². The first-order valence-corrected chi connectivity index (χ1v) is 6.64. The van der Waals surface area contributed by atoms with E-state index >= 15 is 0 Å². The van der Waals surface area contributed by atoms with Gasteiger partial charge < -0.3 is 10.8 Å². The molecule has 0 radical (unpaired) electrons. The molecule has 0 saturated heterocycles. The van der Waals surface area contributed by atoms with Crippen molar-refractivity contribution in [3.63, 3.8) is 0 Å². The smallest absolute Gasteiger partial charge is 0.265 e. The first-order chi connectivity index (χ1) is 8.50. The molecule has 0 aliphatic rings. The molecule has 0 heterocycles. The number of hydrogen-bond acceptors (Lipinski definition) is 4. The van der Waals surface area contributed by atoms with Crippen LogP contribution in [0.3, 0.4) is 0 Å². The molecule has 0 amide bonds. The lowest BCUT2D eigenvalue weighted by Crippen LogP contribution is -2.13. The number of benzene rings is 2. The van der Waals surface area contributed by atoms with Gasteiger partial charge in [-0.15, -0.1) is 0 Å². The predicted molar refractivity (Wildman–Crippen MR) is 69.8 cm³/mol. The van der Waals surface area contributed by atoms with Crippen LogP contribution in [0.2, 0.25) is 0 Å². The van der Waals surface area contributed by atoms with E-state index in [1.54, 1.807) is 30.3 Å². The van der Waals surface area contributed by atoms with Gasteiger partial charge in [-0.1, -0.05) is 24.3 Å². The number of hydrogen-bond donors (Lipinski definition) is 3. The van der Waals surface area contributed by atoms with Gasteiger partial charge in [-0.2, -0.15) is 0 Å². The van der Waals surface area contributed by atoms with Gasteiger partial charge in [0.05, 0.1) is 5.69 Å². The van der Waals surface area contributed by atoms with Gasteiger partial charge in [-0.3, -0.25) is 4.72 Å². The Labute approximate surface area is 105 Å². The number of para-hydroxylation sites is 2. The Balaban J connectivity index is 2.41. The fourth-order valence-electron chi connectivity index (χ4n) is 1.47. The molecule has 0 fully saturated rings. The van der Waals surface area contributed by atoms with E-state index in [9.17, 15) is 13.5 Å². The van der Waals surface area contributed by atoms with Crippen LogP contribution in [0.5, 0.6) is 5.75 Å². The van der Waals surface area contributed by atoms with Crippen molar-refractivity contribution in [2.75, 3.05) is 10.5 Å². The van der Waals surface area contributed by atoms with Crippen LogP contribution < -0.4 is 10.5 Å². The third kappa shape index (κ3) is 2.38. The van der Waals surface area contributed by atoms with E-state index in [2.05, 4.69) is 4.72 Å². The lowest BCUT2D eigenvalue weighted by Gasteiger charge is -2.10. The normalized spacial score (nSPS) is 11.1. The summed E-state index contributed by atoms with van der Waals surface area (Å²) in [6.07, 6.45) is 0. The summed E-state index contributed by atoms with van der Waals surface area (Å²) in [4.78, 5) is -0.244. The van der Waals surface area contributed by atoms with Crippen LogP contribution in [-0.4, -0.2) is 13.5 Å². The van der Waals surface area contributed by atoms with Gasteiger partial charge in [0, 0.05) is 5.69 Å². The van der Waals surface area contributed by atoms with E-state index in [0.29, 0.717) is 5.69 Å². The van der Waals surface area contributed by atoms with Crippen molar-refractivity contribution in [1.29, 1.82) is 0 Å². The zero-order chi connectivity index (χ0) is 13.2. The molecule has 0 spiro atoms. The molecule has 0 unspecified atom stereocenters. The first-order valence-electron chi connectivity index (χ1n) is 5.16. The highest BCUT2D eigenvalue weighted by atomic mass is 32.2. The molecule has 2 aromatic carbocycles. The molecule has 0 atom stereocenters. The molecule has 6 heteroatoms. The molecular formula is C12H12N2O3S. The minimum absolute atomic E-state index is 0.0194. The van der Waals surface area contributed by atoms with E-state index in [1.807, 2.05) is 0 Å². The highest BCUT2D eigenvalue weighted by Crippen LogP contribution is 2.29. The summed E-state index contributed by atoms with van der Waals surface area (Å²) >= 11 is 0. The molecule has 0 aliphatic heterocycles. The van der Waals surface area contributed by atoms with Crippen molar-refractivity contribution in [3.8, 4) is 5.75 Å². The molecule has 94 valence electrons. The summed E-state index contributed by atoms with van der Waals surface area (Å²) in [5, 5.41) is 9.67. The number of sulfonamides is 1. The average molecular weight is 264 g/mol. The van der Waals surface area contributed by atoms with Gasteiger partial charge in [-0.25, -0.2) is 8.42 Å². The van der Waals surface area contributed by atoms with Crippen molar-refractivity contribution >= 4 is 21.4 Å². The molecule has 18 heavy (non-hydrogen) atoms. The van der Waals surface area contributed by atoms with Crippen molar-refractivity contribution in [1.82, 2.24) is 0 Å². The zero-order valence-electron chi connectivity index (χ0n) is 9.37. The van der Waals surface area contributed by atoms with Gasteiger partial charge in [0.1, 0.15) is 4.90 Å². The Bertz CT molecular complexity index is 654. The Morgan fingerprint density at radius 2 is 1.67 bits per heavy atom. The molecule has 0 aliphatic carbocycles. The number of nitrogens with one attached hydrogen (secondary N) is 1. The maximum absolute atomic E-state index is 12.0. The van der Waals surface area contributed by atoms with Crippen LogP contribution in [0.25, 0.3) is 0 Å². The second kappa shape index (κ2) is 4.58. The number of nitrogens with two attached hydrogens (primary N) is 1. The minimum Gasteiger partial charge on any atom is -0.504 e. The van der Waals surface area contributed by atoms with Gasteiger partial charge in [0.15, 0.2) is 5.75 Å². The van der Waals surface area contributed by atoms with E-state index < -0.39 is 15.8 Å². The van der Waals surface area contributed by atoms with Crippen LogP contribution in [0.15, 0.2) is 53.4 Å². The van der Waals surface area contributed by atoms with Gasteiger partial charge in [-0.05, 0) is 24.3 Å². The van der Waals surface area contributed by atoms with E-state index in [-0.39, 0.29) is 10.6 Å². The summed E-state index contributed by atoms with van der Waals surface area (Å²) in [6, 6.07) is 12.6. The standard InChI is InChI=1S/C12H12N2O3S/c13-10-7-4-8-11(12(10)15)18(16,17)14-9-5-2-1-3-6-9/h1-8,14-15H,13H2. The highest BCUT2D eigenvalue weighted by molar-refractivity contribution is 7.92. The number of rotatable bonds is 3. The molecule has 4 N–H and O–H groups in total. The first kappa shape index (κ1) is 12.3. The Morgan fingerprint density at radius 1 is 1.00 bits per heavy atom. The second-order valence-corrected chi connectivity index (χ2v) is 5.32. The quantitative estimate of drug-likeness (QED) is 0.582. The number of phenols is 1. The maximum Gasteiger partial charge on any atom is 0.265 e. The molecule has 5 nitrogen and oxygen atoms in total. The molecule has 0 aromatic heterocycles. The van der Waals surface area contributed by atoms with Crippen LogP contribution in [0.1, 0.15) is 0 Å². The number of phenolic OH excluding ortho intramolecular Hbond substituents is 1. The van der Waals surface area contributed by atoms with E-state index in [4.69, 9.17) is 5.73 Å². The van der Waals surface area contributed by atoms with Crippen molar-refractivity contribution in [3.05, 3.63) is 48.5 Å². The molecule has 0 bridgehead atoms. The molecule has 2 aromatic rings. The fraction of sp³-hybridized carbons (Fsp3) is 0. The SMILES string of the molecule is Nc1cccc(S(=O)(=O)Nc2ccccc2)c1O. The topological polar surface area (TPSA) is 92.4 Å². The Kier molecular flexibility index (Phi) is 3.12. The zero-order valence-corrected chi connectivity index (χ0v) is 10.2. The van der Waals surface area contributed by atoms with E-state index in [0.717, 1.165) is 0 Å². The number of anilines is 2. The number of nitrogen functional groups attached to an aromatic ring is 1. The predicted octanol–water partition coefficient (Wildman–Crippen LogP) is 1.78. The van der Waals surface area contributed by atoms with Gasteiger partial charge in [0.2, 0.25) is 0 Å². The third-order valence-corrected chi connectivity index (χ3v) is 3.76. The van der Waals surface area contributed by atoms with E-state index in [1.165, 1.54) is 18.2 Å². The number of aromatic hydroxyl groups is 1. The average Bonchev–Trinajstić information content (AvgIpc) is 2.33. The molecule has 0 saturated carbocycles. The molecular weight excluding hydrogens is 252 g/mol. The van der Waals surface area contributed by atoms with Gasteiger partial charge >= 0.3 is 0 Å². The summed E-state index contributed by atoms with van der Waals surface area (Å²) in [5.74, 6) is -0.444. The summed E-state index contributed by atoms with van der Waals surface area (Å²) in [7, 11) is -3.85. The fourth-order valence-corrected chi connectivity index (χ4v) is 2.66. The summed E-state index contributed by atoms with van der Waals surface area (Å²) < 4.78 is 26.5. The van der Waals surface area contributed by atoms with Crippen molar-refractivity contribution in [2.24, 2.45) is 0 Å². The largest absolute Gasteiger partial charge is 0.504 e. The third-order valence-electron chi connectivity index (χ3n) is 2.35. The lowest BCUT2D eigenvalue weighted by atomic mass is 10.3. The second-order valence-electron chi connectivity index (χ2n) is 3.67. The minimum atomic E-state index is -3.85. The molecule has 2 rings (SSSR count). The van der Waals surface area contributed by atoms with Crippen LogP contribution in [-0.2, 0) is 10.0 Å².